The quantitative estimate of drug-likeness (QED) is 0.781. The van der Waals surface area contributed by atoms with Crippen LogP contribution in [0.2, 0.25) is 0 Å². The van der Waals surface area contributed by atoms with Gasteiger partial charge in [0.15, 0.2) is 5.76 Å². The average molecular weight is 255 g/mol. The minimum Gasteiger partial charge on any atom is -0.467 e. The summed E-state index contributed by atoms with van der Waals surface area (Å²) >= 11 is 0. The van der Waals surface area contributed by atoms with Crippen molar-refractivity contribution >= 4 is 16.9 Å². The van der Waals surface area contributed by atoms with Gasteiger partial charge in [-0.1, -0.05) is 12.1 Å². The SMILES string of the molecule is Cc1ccc2cc(C(=O)NCc3ccco3)oc2c1. The smallest absolute Gasteiger partial charge is 0.287 e. The molecule has 0 aliphatic carbocycles. The molecule has 4 heteroatoms. The predicted molar refractivity (Wildman–Crippen MR) is 70.8 cm³/mol. The molecule has 0 unspecified atom stereocenters. The third-order valence-electron chi connectivity index (χ3n) is 2.90. The molecule has 0 radical (unpaired) electrons. The molecule has 0 fully saturated rings. The maximum Gasteiger partial charge on any atom is 0.287 e. The maximum atomic E-state index is 11.9. The van der Waals surface area contributed by atoms with Crippen molar-refractivity contribution in [3.63, 3.8) is 0 Å². The molecule has 0 spiro atoms. The molecule has 3 rings (SSSR count). The van der Waals surface area contributed by atoms with Crippen LogP contribution in [0.25, 0.3) is 11.0 Å². The zero-order valence-electron chi connectivity index (χ0n) is 10.5. The lowest BCUT2D eigenvalue weighted by Gasteiger charge is -1.99. The second kappa shape index (κ2) is 4.65. The molecule has 0 aliphatic heterocycles. The van der Waals surface area contributed by atoms with Crippen LogP contribution in [-0.2, 0) is 6.54 Å². The van der Waals surface area contributed by atoms with E-state index in [1.165, 1.54) is 0 Å². The molecule has 4 nitrogen and oxygen atoms in total. The molecular weight excluding hydrogens is 242 g/mol. The van der Waals surface area contributed by atoms with E-state index in [1.54, 1.807) is 18.4 Å². The first-order chi connectivity index (χ1) is 9.22. The molecule has 0 saturated carbocycles. The molecule has 1 amide bonds. The Labute approximate surface area is 110 Å². The van der Waals surface area contributed by atoms with Gasteiger partial charge < -0.3 is 14.2 Å². The summed E-state index contributed by atoms with van der Waals surface area (Å²) in [6.07, 6.45) is 1.57. The van der Waals surface area contributed by atoms with Gasteiger partial charge in [-0.15, -0.1) is 0 Å². The minimum atomic E-state index is -0.245. The maximum absolute atomic E-state index is 11.9. The number of fused-ring (bicyclic) bond motifs is 1. The molecular formula is C15H13NO3. The highest BCUT2D eigenvalue weighted by molar-refractivity contribution is 5.96. The number of hydrogen-bond donors (Lipinski definition) is 1. The summed E-state index contributed by atoms with van der Waals surface area (Å²) in [7, 11) is 0. The Hall–Kier alpha value is -2.49. The van der Waals surface area contributed by atoms with Gasteiger partial charge in [0.2, 0.25) is 0 Å². The lowest BCUT2D eigenvalue weighted by Crippen LogP contribution is -2.21. The number of aryl methyl sites for hydroxylation is 1. The summed E-state index contributed by atoms with van der Waals surface area (Å²) in [4.78, 5) is 11.9. The van der Waals surface area contributed by atoms with Gasteiger partial charge in [0.25, 0.3) is 5.91 Å². The average Bonchev–Trinajstić information content (AvgIpc) is 3.04. The zero-order chi connectivity index (χ0) is 13.2. The third kappa shape index (κ3) is 2.38. The number of benzene rings is 1. The van der Waals surface area contributed by atoms with Crippen molar-refractivity contribution in [1.29, 1.82) is 0 Å². The van der Waals surface area contributed by atoms with Crippen molar-refractivity contribution in [2.75, 3.05) is 0 Å². The van der Waals surface area contributed by atoms with Crippen LogP contribution in [0.1, 0.15) is 21.9 Å². The summed E-state index contributed by atoms with van der Waals surface area (Å²) in [5.74, 6) is 0.776. The molecule has 19 heavy (non-hydrogen) atoms. The Balaban J connectivity index is 1.77. The number of furan rings is 2. The number of nitrogens with one attached hydrogen (secondary N) is 1. The van der Waals surface area contributed by atoms with E-state index in [2.05, 4.69) is 5.32 Å². The van der Waals surface area contributed by atoms with Crippen LogP contribution in [0, 0.1) is 6.92 Å². The summed E-state index contributed by atoms with van der Waals surface area (Å²) in [5.41, 5.74) is 1.83. The van der Waals surface area contributed by atoms with Crippen LogP contribution < -0.4 is 5.32 Å². The molecule has 2 aromatic heterocycles. The van der Waals surface area contributed by atoms with Crippen LogP contribution in [0.4, 0.5) is 0 Å². The van der Waals surface area contributed by atoms with Crippen LogP contribution in [0.15, 0.2) is 51.5 Å². The van der Waals surface area contributed by atoms with E-state index in [-0.39, 0.29) is 5.91 Å². The Morgan fingerprint density at radius 3 is 2.95 bits per heavy atom. The standard InChI is InChI=1S/C15H13NO3/c1-10-4-5-11-8-14(19-13(11)7-10)15(17)16-9-12-3-2-6-18-12/h2-8H,9H2,1H3,(H,16,17). The minimum absolute atomic E-state index is 0.245. The lowest BCUT2D eigenvalue weighted by atomic mass is 10.2. The Morgan fingerprint density at radius 2 is 2.16 bits per heavy atom. The molecule has 2 heterocycles. The van der Waals surface area contributed by atoms with Crippen molar-refractivity contribution < 1.29 is 13.6 Å². The second-order valence-corrected chi connectivity index (χ2v) is 4.41. The van der Waals surface area contributed by atoms with Gasteiger partial charge in [0.05, 0.1) is 12.8 Å². The predicted octanol–water partition coefficient (Wildman–Crippen LogP) is 3.26. The van der Waals surface area contributed by atoms with Crippen LogP contribution in [0.3, 0.4) is 0 Å². The van der Waals surface area contributed by atoms with Gasteiger partial charge in [0, 0.05) is 5.39 Å². The van der Waals surface area contributed by atoms with Crippen molar-refractivity contribution in [2.45, 2.75) is 13.5 Å². The van der Waals surface area contributed by atoms with Gasteiger partial charge in [-0.2, -0.15) is 0 Å². The molecule has 0 saturated heterocycles. The molecule has 1 N–H and O–H groups in total. The van der Waals surface area contributed by atoms with E-state index < -0.39 is 0 Å². The van der Waals surface area contributed by atoms with Crippen LogP contribution in [0.5, 0.6) is 0 Å². The molecule has 1 aromatic carbocycles. The van der Waals surface area contributed by atoms with Gasteiger partial charge in [-0.05, 0) is 36.8 Å². The van der Waals surface area contributed by atoms with Crippen molar-refractivity contribution in [3.05, 3.63) is 59.7 Å². The van der Waals surface area contributed by atoms with E-state index in [0.717, 1.165) is 16.5 Å². The van der Waals surface area contributed by atoms with E-state index in [0.29, 0.717) is 18.1 Å². The highest BCUT2D eigenvalue weighted by Crippen LogP contribution is 2.20. The Bertz CT molecular complexity index is 710. The van der Waals surface area contributed by atoms with Crippen LogP contribution in [-0.4, -0.2) is 5.91 Å². The summed E-state index contributed by atoms with van der Waals surface area (Å²) < 4.78 is 10.7. The van der Waals surface area contributed by atoms with Crippen molar-refractivity contribution in [2.24, 2.45) is 0 Å². The van der Waals surface area contributed by atoms with E-state index in [9.17, 15) is 4.79 Å². The van der Waals surface area contributed by atoms with Gasteiger partial charge in [-0.3, -0.25) is 4.79 Å². The first-order valence-electron chi connectivity index (χ1n) is 6.03. The van der Waals surface area contributed by atoms with Gasteiger partial charge in [-0.25, -0.2) is 0 Å². The van der Waals surface area contributed by atoms with Crippen molar-refractivity contribution in [1.82, 2.24) is 5.32 Å². The number of rotatable bonds is 3. The summed E-state index contributed by atoms with van der Waals surface area (Å²) in [6.45, 7) is 2.33. The fraction of sp³-hybridized carbons (Fsp3) is 0.133. The van der Waals surface area contributed by atoms with E-state index >= 15 is 0 Å². The first kappa shape index (κ1) is 11.6. The second-order valence-electron chi connectivity index (χ2n) is 4.41. The molecule has 0 aliphatic rings. The first-order valence-corrected chi connectivity index (χ1v) is 6.03. The third-order valence-corrected chi connectivity index (χ3v) is 2.90. The summed E-state index contributed by atoms with van der Waals surface area (Å²) in [5, 5.41) is 3.68. The molecule has 3 aromatic rings. The zero-order valence-corrected chi connectivity index (χ0v) is 10.5. The van der Waals surface area contributed by atoms with Crippen molar-refractivity contribution in [3.8, 4) is 0 Å². The van der Waals surface area contributed by atoms with Gasteiger partial charge >= 0.3 is 0 Å². The Kier molecular flexibility index (Phi) is 2.83. The lowest BCUT2D eigenvalue weighted by molar-refractivity contribution is 0.0922. The monoisotopic (exact) mass is 255 g/mol. The highest BCUT2D eigenvalue weighted by Gasteiger charge is 2.12. The molecule has 0 bridgehead atoms. The fourth-order valence-corrected chi connectivity index (χ4v) is 1.92. The fourth-order valence-electron chi connectivity index (χ4n) is 1.92. The van der Waals surface area contributed by atoms with Crippen LogP contribution >= 0.6 is 0 Å². The topological polar surface area (TPSA) is 55.4 Å². The largest absolute Gasteiger partial charge is 0.467 e. The molecule has 0 atom stereocenters. The van der Waals surface area contributed by atoms with E-state index in [1.807, 2.05) is 31.2 Å². The number of carbonyl (C=O) groups excluding carboxylic acids is 1. The summed E-state index contributed by atoms with van der Waals surface area (Å²) in [6, 6.07) is 11.2. The normalized spacial score (nSPS) is 10.8. The number of carbonyl (C=O) groups is 1. The Morgan fingerprint density at radius 1 is 1.26 bits per heavy atom. The number of hydrogen-bond acceptors (Lipinski definition) is 3. The van der Waals surface area contributed by atoms with E-state index in [4.69, 9.17) is 8.83 Å². The highest BCUT2D eigenvalue weighted by atomic mass is 16.3. The molecule has 96 valence electrons. The number of amides is 1. The van der Waals surface area contributed by atoms with Gasteiger partial charge in [0.1, 0.15) is 11.3 Å².